The van der Waals surface area contributed by atoms with E-state index in [-0.39, 0.29) is 13.4 Å². The molecule has 3 aromatic rings. The zero-order chi connectivity index (χ0) is 18.6. The van der Waals surface area contributed by atoms with E-state index in [0.29, 0.717) is 22.2 Å². The van der Waals surface area contributed by atoms with Crippen LogP contribution in [0.3, 0.4) is 0 Å². The average molecular weight is 400 g/mol. The van der Waals surface area contributed by atoms with Crippen LogP contribution in [0.5, 0.6) is 11.5 Å². The first-order chi connectivity index (χ1) is 13.2. The van der Waals surface area contributed by atoms with Crippen LogP contribution >= 0.6 is 22.9 Å². The van der Waals surface area contributed by atoms with Gasteiger partial charge < -0.3 is 14.2 Å². The summed E-state index contributed by atoms with van der Waals surface area (Å²) in [5, 5.41) is 3.41. The number of hydrogen-bond acceptors (Lipinski definition) is 6. The van der Waals surface area contributed by atoms with Gasteiger partial charge in [0.25, 0.3) is 0 Å². The third-order valence-electron chi connectivity index (χ3n) is 3.81. The van der Waals surface area contributed by atoms with Gasteiger partial charge in [0.2, 0.25) is 6.79 Å². The highest BCUT2D eigenvalue weighted by atomic mass is 35.5. The molecule has 0 fully saturated rings. The molecular weight excluding hydrogens is 386 g/mol. The Labute approximate surface area is 164 Å². The maximum Gasteiger partial charge on any atom is 0.331 e. The van der Waals surface area contributed by atoms with Gasteiger partial charge in [0.1, 0.15) is 11.6 Å². The number of halogens is 1. The minimum Gasteiger partial charge on any atom is -0.456 e. The first-order valence-electron chi connectivity index (χ1n) is 8.12. The molecular formula is C20H14ClNO4S. The Balaban J connectivity index is 1.33. The third kappa shape index (κ3) is 4.30. The monoisotopic (exact) mass is 399 g/mol. The van der Waals surface area contributed by atoms with E-state index < -0.39 is 5.97 Å². The summed E-state index contributed by atoms with van der Waals surface area (Å²) in [6.07, 6.45) is 3.05. The molecule has 2 heterocycles. The standard InChI is InChI=1S/C20H14ClNO4S/c21-15-5-3-14(4-6-15)20-22-16(11-27-20)10-24-19(23)8-2-13-1-7-17-18(9-13)26-12-25-17/h1-9,11H,10,12H2/b8-2+. The molecule has 7 heteroatoms. The molecule has 0 saturated heterocycles. The molecule has 4 rings (SSSR count). The van der Waals surface area contributed by atoms with Crippen molar-refractivity contribution in [3.05, 3.63) is 70.2 Å². The molecule has 0 N–H and O–H groups in total. The fourth-order valence-electron chi connectivity index (χ4n) is 2.47. The molecule has 27 heavy (non-hydrogen) atoms. The van der Waals surface area contributed by atoms with Crippen LogP contribution in [-0.2, 0) is 16.1 Å². The van der Waals surface area contributed by atoms with Gasteiger partial charge in [0, 0.05) is 22.0 Å². The van der Waals surface area contributed by atoms with Gasteiger partial charge >= 0.3 is 5.97 Å². The van der Waals surface area contributed by atoms with Crippen LogP contribution in [0.1, 0.15) is 11.3 Å². The zero-order valence-electron chi connectivity index (χ0n) is 14.1. The highest BCUT2D eigenvalue weighted by molar-refractivity contribution is 7.13. The van der Waals surface area contributed by atoms with Crippen LogP contribution in [0.25, 0.3) is 16.6 Å². The molecule has 5 nitrogen and oxygen atoms in total. The second-order valence-electron chi connectivity index (χ2n) is 5.70. The minimum absolute atomic E-state index is 0.119. The molecule has 0 atom stereocenters. The number of carbonyl (C=O) groups is 1. The first kappa shape index (κ1) is 17.6. The summed E-state index contributed by atoms with van der Waals surface area (Å²) >= 11 is 7.39. The lowest BCUT2D eigenvalue weighted by Crippen LogP contribution is -2.00. The number of nitrogens with zero attached hydrogens (tertiary/aromatic N) is 1. The maximum atomic E-state index is 11.9. The van der Waals surface area contributed by atoms with Gasteiger partial charge in [-0.2, -0.15) is 0 Å². The van der Waals surface area contributed by atoms with Gasteiger partial charge in [-0.25, -0.2) is 9.78 Å². The van der Waals surface area contributed by atoms with Crippen LogP contribution in [0, 0.1) is 0 Å². The van der Waals surface area contributed by atoms with Crippen LogP contribution in [0.4, 0.5) is 0 Å². The van der Waals surface area contributed by atoms with Crippen molar-refractivity contribution in [2.75, 3.05) is 6.79 Å². The molecule has 0 bridgehead atoms. The molecule has 0 radical (unpaired) electrons. The highest BCUT2D eigenvalue weighted by Gasteiger charge is 2.12. The molecule has 1 aliphatic heterocycles. The van der Waals surface area contributed by atoms with Crippen LogP contribution in [0.2, 0.25) is 5.02 Å². The third-order valence-corrected chi connectivity index (χ3v) is 5.01. The smallest absolute Gasteiger partial charge is 0.331 e. The molecule has 0 amide bonds. The molecule has 0 aliphatic carbocycles. The summed E-state index contributed by atoms with van der Waals surface area (Å²) < 4.78 is 15.8. The molecule has 0 saturated carbocycles. The number of carbonyl (C=O) groups excluding carboxylic acids is 1. The molecule has 1 aliphatic rings. The normalized spacial score (nSPS) is 12.5. The van der Waals surface area contributed by atoms with Crippen LogP contribution in [-0.4, -0.2) is 17.7 Å². The largest absolute Gasteiger partial charge is 0.456 e. The summed E-state index contributed by atoms with van der Waals surface area (Å²) in [5.41, 5.74) is 2.51. The molecule has 0 unspecified atom stereocenters. The van der Waals surface area contributed by atoms with E-state index in [9.17, 15) is 4.79 Å². The summed E-state index contributed by atoms with van der Waals surface area (Å²) in [5.74, 6) is 0.936. The van der Waals surface area contributed by atoms with Gasteiger partial charge in [-0.3, -0.25) is 0 Å². The number of thiazole rings is 1. The highest BCUT2D eigenvalue weighted by Crippen LogP contribution is 2.32. The lowest BCUT2D eigenvalue weighted by molar-refractivity contribution is -0.139. The predicted octanol–water partition coefficient (Wildman–Crippen LogP) is 4.95. The van der Waals surface area contributed by atoms with E-state index in [1.54, 1.807) is 12.1 Å². The summed E-state index contributed by atoms with van der Waals surface area (Å²) in [4.78, 5) is 16.4. The quantitative estimate of drug-likeness (QED) is 0.449. The van der Waals surface area contributed by atoms with E-state index in [2.05, 4.69) is 4.98 Å². The summed E-state index contributed by atoms with van der Waals surface area (Å²) in [6.45, 7) is 0.338. The number of benzene rings is 2. The minimum atomic E-state index is -0.436. The lowest BCUT2D eigenvalue weighted by atomic mass is 10.2. The second kappa shape index (κ2) is 7.82. The summed E-state index contributed by atoms with van der Waals surface area (Å²) in [7, 11) is 0. The fourth-order valence-corrected chi connectivity index (χ4v) is 3.41. The number of rotatable bonds is 5. The topological polar surface area (TPSA) is 57.7 Å². The van der Waals surface area contributed by atoms with Gasteiger partial charge in [-0.1, -0.05) is 29.8 Å². The van der Waals surface area contributed by atoms with Crippen molar-refractivity contribution in [1.82, 2.24) is 4.98 Å². The zero-order valence-corrected chi connectivity index (χ0v) is 15.6. The maximum absolute atomic E-state index is 11.9. The Bertz CT molecular complexity index is 997. The van der Waals surface area contributed by atoms with E-state index in [0.717, 1.165) is 16.1 Å². The van der Waals surface area contributed by atoms with Crippen LogP contribution < -0.4 is 9.47 Å². The number of fused-ring (bicyclic) bond motifs is 1. The van der Waals surface area contributed by atoms with Crippen molar-refractivity contribution in [3.8, 4) is 22.1 Å². The van der Waals surface area contributed by atoms with Crippen molar-refractivity contribution < 1.29 is 19.0 Å². The van der Waals surface area contributed by atoms with Crippen LogP contribution in [0.15, 0.2) is 53.9 Å². The second-order valence-corrected chi connectivity index (χ2v) is 7.00. The van der Waals surface area contributed by atoms with Gasteiger partial charge in [-0.15, -0.1) is 11.3 Å². The van der Waals surface area contributed by atoms with E-state index in [4.69, 9.17) is 25.8 Å². The first-order valence-corrected chi connectivity index (χ1v) is 9.38. The summed E-state index contributed by atoms with van der Waals surface area (Å²) in [6, 6.07) is 12.9. The number of ether oxygens (including phenoxy) is 3. The van der Waals surface area contributed by atoms with Gasteiger partial charge in [0.15, 0.2) is 11.5 Å². The number of esters is 1. The number of hydrogen-bond donors (Lipinski definition) is 0. The van der Waals surface area contributed by atoms with E-state index in [1.807, 2.05) is 41.8 Å². The molecule has 0 spiro atoms. The van der Waals surface area contributed by atoms with Crippen molar-refractivity contribution in [1.29, 1.82) is 0 Å². The SMILES string of the molecule is O=C(/C=C/c1ccc2c(c1)OCO2)OCc1csc(-c2ccc(Cl)cc2)n1. The average Bonchev–Trinajstić information content (AvgIpc) is 3.34. The predicted molar refractivity (Wildman–Crippen MR) is 104 cm³/mol. The number of aromatic nitrogens is 1. The van der Waals surface area contributed by atoms with E-state index >= 15 is 0 Å². The molecule has 136 valence electrons. The van der Waals surface area contributed by atoms with Gasteiger partial charge in [0.05, 0.1) is 5.69 Å². The Morgan fingerprint density at radius 3 is 2.85 bits per heavy atom. The van der Waals surface area contributed by atoms with Crippen molar-refractivity contribution >= 4 is 35.0 Å². The lowest BCUT2D eigenvalue weighted by Gasteiger charge is -2.00. The van der Waals surface area contributed by atoms with Crippen molar-refractivity contribution in [2.24, 2.45) is 0 Å². The molecule has 1 aromatic heterocycles. The van der Waals surface area contributed by atoms with Crippen molar-refractivity contribution in [3.63, 3.8) is 0 Å². The molecule has 2 aromatic carbocycles. The van der Waals surface area contributed by atoms with E-state index in [1.165, 1.54) is 17.4 Å². The van der Waals surface area contributed by atoms with Gasteiger partial charge in [-0.05, 0) is 35.9 Å². The van der Waals surface area contributed by atoms with Crippen molar-refractivity contribution in [2.45, 2.75) is 6.61 Å². The fraction of sp³-hybridized carbons (Fsp3) is 0.100. The Morgan fingerprint density at radius 2 is 2.00 bits per heavy atom. The Morgan fingerprint density at radius 1 is 1.19 bits per heavy atom. The Hall–Kier alpha value is -2.83. The Kier molecular flexibility index (Phi) is 5.09.